The third kappa shape index (κ3) is 3.60. The standard InChI is InChI=1S/C7H15NS/c1-5-9-7(3)6(2)8-4/h6,8H,3,5H2,1-2,4H3. The highest BCUT2D eigenvalue weighted by molar-refractivity contribution is 8.03. The molecule has 0 amide bonds. The SMILES string of the molecule is C=C(SCC)C(C)NC. The van der Waals surface area contributed by atoms with Gasteiger partial charge in [0.05, 0.1) is 0 Å². The van der Waals surface area contributed by atoms with Gasteiger partial charge < -0.3 is 5.32 Å². The van der Waals surface area contributed by atoms with Gasteiger partial charge in [0.1, 0.15) is 0 Å². The van der Waals surface area contributed by atoms with Gasteiger partial charge in [-0.05, 0) is 24.6 Å². The van der Waals surface area contributed by atoms with Crippen LogP contribution in [0.15, 0.2) is 11.5 Å². The first-order valence-corrected chi connectivity index (χ1v) is 4.19. The van der Waals surface area contributed by atoms with Crippen molar-refractivity contribution in [2.24, 2.45) is 0 Å². The normalized spacial score (nSPS) is 13.2. The molecule has 2 heteroatoms. The molecule has 1 N–H and O–H groups in total. The van der Waals surface area contributed by atoms with E-state index in [0.29, 0.717) is 6.04 Å². The Bertz CT molecular complexity index is 90.9. The summed E-state index contributed by atoms with van der Waals surface area (Å²) in [5, 5.41) is 3.13. The summed E-state index contributed by atoms with van der Waals surface area (Å²) in [7, 11) is 1.95. The van der Waals surface area contributed by atoms with Crippen LogP contribution < -0.4 is 5.32 Å². The maximum absolute atomic E-state index is 3.92. The minimum atomic E-state index is 0.440. The summed E-state index contributed by atoms with van der Waals surface area (Å²) < 4.78 is 0. The summed E-state index contributed by atoms with van der Waals surface area (Å²) in [5.74, 6) is 1.12. The Labute approximate surface area is 61.9 Å². The zero-order chi connectivity index (χ0) is 7.28. The Hall–Kier alpha value is 0.0500. The van der Waals surface area contributed by atoms with Crippen LogP contribution in [0.2, 0.25) is 0 Å². The molecule has 0 saturated carbocycles. The van der Waals surface area contributed by atoms with Crippen LogP contribution in [-0.2, 0) is 0 Å². The van der Waals surface area contributed by atoms with Gasteiger partial charge in [-0.2, -0.15) is 0 Å². The molecule has 0 saturated heterocycles. The molecule has 1 atom stereocenters. The number of likely N-dealkylation sites (N-methyl/N-ethyl adjacent to an activating group) is 1. The van der Waals surface area contributed by atoms with Gasteiger partial charge in [0.15, 0.2) is 0 Å². The molecule has 1 nitrogen and oxygen atoms in total. The van der Waals surface area contributed by atoms with Gasteiger partial charge in [-0.15, -0.1) is 11.8 Å². The fourth-order valence-electron chi connectivity index (χ4n) is 0.471. The van der Waals surface area contributed by atoms with Crippen molar-refractivity contribution < 1.29 is 0 Å². The van der Waals surface area contributed by atoms with Gasteiger partial charge in [-0.3, -0.25) is 0 Å². The van der Waals surface area contributed by atoms with E-state index < -0.39 is 0 Å². The monoisotopic (exact) mass is 145 g/mol. The molecule has 0 bridgehead atoms. The third-order valence-electron chi connectivity index (χ3n) is 1.25. The van der Waals surface area contributed by atoms with Crippen molar-refractivity contribution in [2.75, 3.05) is 12.8 Å². The first-order chi connectivity index (χ1) is 4.22. The molecule has 0 radical (unpaired) electrons. The molecule has 0 rings (SSSR count). The Balaban J connectivity index is 3.46. The highest BCUT2D eigenvalue weighted by Gasteiger charge is 2.00. The molecule has 0 aliphatic heterocycles. The highest BCUT2D eigenvalue weighted by Crippen LogP contribution is 2.15. The van der Waals surface area contributed by atoms with Crippen LogP contribution in [0.4, 0.5) is 0 Å². The van der Waals surface area contributed by atoms with E-state index in [4.69, 9.17) is 0 Å². The molecule has 54 valence electrons. The smallest absolute Gasteiger partial charge is 0.0342 e. The molecule has 0 aromatic carbocycles. The van der Waals surface area contributed by atoms with E-state index in [1.165, 1.54) is 4.91 Å². The Morgan fingerprint density at radius 2 is 2.33 bits per heavy atom. The Kier molecular flexibility index (Phi) is 4.91. The summed E-state index contributed by atoms with van der Waals surface area (Å²) in [6.45, 7) is 8.17. The fourth-order valence-corrected chi connectivity index (χ4v) is 1.21. The average molecular weight is 145 g/mol. The lowest BCUT2D eigenvalue weighted by atomic mass is 10.3. The molecular formula is C7H15NS. The van der Waals surface area contributed by atoms with Crippen molar-refractivity contribution in [3.05, 3.63) is 11.5 Å². The quantitative estimate of drug-likeness (QED) is 0.648. The molecule has 0 aromatic rings. The third-order valence-corrected chi connectivity index (χ3v) is 2.26. The summed E-state index contributed by atoms with van der Waals surface area (Å²) in [6.07, 6.45) is 0. The van der Waals surface area contributed by atoms with Crippen LogP contribution in [0.5, 0.6) is 0 Å². The van der Waals surface area contributed by atoms with Crippen LogP contribution in [0.25, 0.3) is 0 Å². The van der Waals surface area contributed by atoms with E-state index in [-0.39, 0.29) is 0 Å². The van der Waals surface area contributed by atoms with Crippen LogP contribution in [0.1, 0.15) is 13.8 Å². The summed E-state index contributed by atoms with van der Waals surface area (Å²) >= 11 is 1.81. The molecular weight excluding hydrogens is 130 g/mol. The minimum absolute atomic E-state index is 0.440. The van der Waals surface area contributed by atoms with Gasteiger partial charge in [0, 0.05) is 6.04 Å². The highest BCUT2D eigenvalue weighted by atomic mass is 32.2. The second kappa shape index (κ2) is 4.89. The van der Waals surface area contributed by atoms with E-state index in [2.05, 4.69) is 25.7 Å². The van der Waals surface area contributed by atoms with Gasteiger partial charge in [-0.25, -0.2) is 0 Å². The van der Waals surface area contributed by atoms with Gasteiger partial charge in [-0.1, -0.05) is 13.5 Å². The predicted octanol–water partition coefficient (Wildman–Crippen LogP) is 1.86. The number of nitrogens with one attached hydrogen (secondary N) is 1. The minimum Gasteiger partial charge on any atom is -0.313 e. The molecule has 0 aliphatic carbocycles. The molecule has 0 spiro atoms. The fraction of sp³-hybridized carbons (Fsp3) is 0.714. The van der Waals surface area contributed by atoms with Crippen molar-refractivity contribution in [3.63, 3.8) is 0 Å². The first-order valence-electron chi connectivity index (χ1n) is 3.21. The van der Waals surface area contributed by atoms with Crippen molar-refractivity contribution in [1.82, 2.24) is 5.32 Å². The maximum Gasteiger partial charge on any atom is 0.0342 e. The number of hydrogen-bond donors (Lipinski definition) is 1. The van der Waals surface area contributed by atoms with E-state index in [0.717, 1.165) is 5.75 Å². The van der Waals surface area contributed by atoms with Crippen LogP contribution >= 0.6 is 11.8 Å². The van der Waals surface area contributed by atoms with Crippen LogP contribution in [0.3, 0.4) is 0 Å². The van der Waals surface area contributed by atoms with Crippen LogP contribution in [0, 0.1) is 0 Å². The van der Waals surface area contributed by atoms with E-state index in [1.807, 2.05) is 7.05 Å². The van der Waals surface area contributed by atoms with E-state index in [1.54, 1.807) is 11.8 Å². The number of thioether (sulfide) groups is 1. The summed E-state index contributed by atoms with van der Waals surface area (Å²) in [6, 6.07) is 0.440. The molecule has 1 unspecified atom stereocenters. The second-order valence-electron chi connectivity index (χ2n) is 1.91. The zero-order valence-corrected chi connectivity index (χ0v) is 7.22. The summed E-state index contributed by atoms with van der Waals surface area (Å²) in [4.78, 5) is 1.22. The van der Waals surface area contributed by atoms with Crippen molar-refractivity contribution in [1.29, 1.82) is 0 Å². The molecule has 0 aliphatic rings. The van der Waals surface area contributed by atoms with Crippen molar-refractivity contribution in [2.45, 2.75) is 19.9 Å². The lowest BCUT2D eigenvalue weighted by Crippen LogP contribution is -2.21. The molecule has 9 heavy (non-hydrogen) atoms. The lowest BCUT2D eigenvalue weighted by molar-refractivity contribution is 0.722. The second-order valence-corrected chi connectivity index (χ2v) is 3.30. The maximum atomic E-state index is 3.92. The number of hydrogen-bond acceptors (Lipinski definition) is 2. The Morgan fingerprint density at radius 3 is 2.67 bits per heavy atom. The molecule has 0 aromatic heterocycles. The summed E-state index contributed by atoms with van der Waals surface area (Å²) in [5.41, 5.74) is 0. The molecule has 0 fully saturated rings. The zero-order valence-electron chi connectivity index (χ0n) is 6.40. The van der Waals surface area contributed by atoms with Gasteiger partial charge in [0.2, 0.25) is 0 Å². The largest absolute Gasteiger partial charge is 0.313 e. The van der Waals surface area contributed by atoms with E-state index >= 15 is 0 Å². The van der Waals surface area contributed by atoms with Crippen LogP contribution in [-0.4, -0.2) is 18.8 Å². The topological polar surface area (TPSA) is 12.0 Å². The molecule has 0 heterocycles. The van der Waals surface area contributed by atoms with Crippen molar-refractivity contribution in [3.8, 4) is 0 Å². The van der Waals surface area contributed by atoms with E-state index in [9.17, 15) is 0 Å². The average Bonchev–Trinajstić information content (AvgIpc) is 1.87. The lowest BCUT2D eigenvalue weighted by Gasteiger charge is -2.11. The Morgan fingerprint density at radius 1 is 1.78 bits per heavy atom. The van der Waals surface area contributed by atoms with Gasteiger partial charge >= 0.3 is 0 Å². The van der Waals surface area contributed by atoms with Crippen molar-refractivity contribution >= 4 is 11.8 Å². The van der Waals surface area contributed by atoms with Gasteiger partial charge in [0.25, 0.3) is 0 Å². The number of rotatable bonds is 4. The first kappa shape index (κ1) is 9.05. The predicted molar refractivity (Wildman–Crippen MR) is 45.8 cm³/mol.